The number of rotatable bonds is 4. The summed E-state index contributed by atoms with van der Waals surface area (Å²) >= 11 is 0. The Bertz CT molecular complexity index is 981. The van der Waals surface area contributed by atoms with Gasteiger partial charge in [-0.3, -0.25) is 4.79 Å². The van der Waals surface area contributed by atoms with Crippen LogP contribution in [0.1, 0.15) is 16.1 Å². The normalized spacial score (nSPS) is 14.0. The second kappa shape index (κ2) is 8.31. The van der Waals surface area contributed by atoms with E-state index in [0.29, 0.717) is 11.4 Å². The molecule has 2 aromatic carbocycles. The van der Waals surface area contributed by atoms with Crippen LogP contribution in [0.15, 0.2) is 66.9 Å². The minimum absolute atomic E-state index is 0.313. The molecule has 1 fully saturated rings. The number of aromatic nitrogens is 1. The van der Waals surface area contributed by atoms with Gasteiger partial charge in [0.15, 0.2) is 0 Å². The minimum atomic E-state index is -0.340. The van der Waals surface area contributed by atoms with Crippen LogP contribution in [0.25, 0.3) is 0 Å². The van der Waals surface area contributed by atoms with Gasteiger partial charge in [0.05, 0.1) is 11.9 Å². The summed E-state index contributed by atoms with van der Waals surface area (Å²) in [6.07, 6.45) is 1.74. The van der Waals surface area contributed by atoms with Gasteiger partial charge in [-0.2, -0.15) is 0 Å². The molecule has 2 heterocycles. The Hall–Kier alpha value is -3.41. The average Bonchev–Trinajstić information content (AvgIpc) is 2.75. The molecule has 0 bridgehead atoms. The van der Waals surface area contributed by atoms with Gasteiger partial charge >= 0.3 is 0 Å². The van der Waals surface area contributed by atoms with Crippen LogP contribution in [0.3, 0.4) is 0 Å². The fraction of sp³-hybridized carbons (Fsp3) is 0.217. The smallest absolute Gasteiger partial charge is 0.274 e. The molecular weight excluding hydrogens is 367 g/mol. The van der Waals surface area contributed by atoms with Crippen LogP contribution in [0.2, 0.25) is 0 Å². The molecule has 1 N–H and O–H groups in total. The van der Waals surface area contributed by atoms with Crippen LogP contribution in [0.5, 0.6) is 0 Å². The van der Waals surface area contributed by atoms with Crippen LogP contribution in [0, 0.1) is 12.7 Å². The highest BCUT2D eigenvalue weighted by atomic mass is 19.1. The number of hydrogen-bond donors (Lipinski definition) is 1. The molecular formula is C23H23FN4O. The predicted octanol–water partition coefficient (Wildman–Crippen LogP) is 4.11. The second-order valence-corrected chi connectivity index (χ2v) is 7.18. The van der Waals surface area contributed by atoms with Crippen molar-refractivity contribution in [2.45, 2.75) is 6.92 Å². The number of carbonyl (C=O) groups is 1. The summed E-state index contributed by atoms with van der Waals surface area (Å²) in [7, 11) is 0. The van der Waals surface area contributed by atoms with E-state index in [-0.39, 0.29) is 11.7 Å². The lowest BCUT2D eigenvalue weighted by Crippen LogP contribution is -2.46. The van der Waals surface area contributed by atoms with E-state index in [1.54, 1.807) is 12.3 Å². The molecule has 3 aromatic rings. The zero-order valence-electron chi connectivity index (χ0n) is 16.3. The monoisotopic (exact) mass is 390 g/mol. The van der Waals surface area contributed by atoms with Gasteiger partial charge < -0.3 is 15.1 Å². The van der Waals surface area contributed by atoms with Crippen molar-refractivity contribution < 1.29 is 9.18 Å². The van der Waals surface area contributed by atoms with Crippen molar-refractivity contribution in [3.05, 3.63) is 83.9 Å². The van der Waals surface area contributed by atoms with Crippen LogP contribution in [-0.2, 0) is 0 Å². The molecule has 0 radical (unpaired) electrons. The Morgan fingerprint density at radius 2 is 1.62 bits per heavy atom. The van der Waals surface area contributed by atoms with Crippen molar-refractivity contribution in [2.75, 3.05) is 41.3 Å². The summed E-state index contributed by atoms with van der Waals surface area (Å²) in [6.45, 7) is 5.79. The average molecular weight is 390 g/mol. The molecule has 5 nitrogen and oxygen atoms in total. The summed E-state index contributed by atoms with van der Waals surface area (Å²) in [5, 5.41) is 2.72. The van der Waals surface area contributed by atoms with Gasteiger partial charge in [-0.25, -0.2) is 9.37 Å². The van der Waals surface area contributed by atoms with Crippen molar-refractivity contribution in [1.29, 1.82) is 0 Å². The molecule has 1 aliphatic heterocycles. The van der Waals surface area contributed by atoms with Gasteiger partial charge in [-0.05, 0) is 61.0 Å². The number of aryl methyl sites for hydroxylation is 1. The van der Waals surface area contributed by atoms with Gasteiger partial charge in [-0.15, -0.1) is 0 Å². The van der Waals surface area contributed by atoms with Crippen molar-refractivity contribution in [3.63, 3.8) is 0 Å². The van der Waals surface area contributed by atoms with E-state index in [1.165, 1.54) is 35.5 Å². The maximum atomic E-state index is 13.0. The Morgan fingerprint density at radius 3 is 2.24 bits per heavy atom. The zero-order valence-corrected chi connectivity index (χ0v) is 16.3. The highest BCUT2D eigenvalue weighted by molar-refractivity contribution is 6.02. The first-order valence-electron chi connectivity index (χ1n) is 9.68. The van der Waals surface area contributed by atoms with Gasteiger partial charge in [-0.1, -0.05) is 12.1 Å². The highest BCUT2D eigenvalue weighted by Crippen LogP contribution is 2.21. The maximum absolute atomic E-state index is 13.0. The molecule has 1 aromatic heterocycles. The predicted molar refractivity (Wildman–Crippen MR) is 114 cm³/mol. The summed E-state index contributed by atoms with van der Waals surface area (Å²) in [5.74, 6) is -0.652. The van der Waals surface area contributed by atoms with Crippen molar-refractivity contribution in [2.24, 2.45) is 0 Å². The van der Waals surface area contributed by atoms with Crippen molar-refractivity contribution in [1.82, 2.24) is 4.98 Å². The Labute approximate surface area is 169 Å². The van der Waals surface area contributed by atoms with Crippen LogP contribution < -0.4 is 15.1 Å². The van der Waals surface area contributed by atoms with Crippen LogP contribution in [0.4, 0.5) is 21.5 Å². The third-order valence-electron chi connectivity index (χ3n) is 5.09. The Morgan fingerprint density at radius 1 is 0.931 bits per heavy atom. The Kier molecular flexibility index (Phi) is 5.42. The number of carbonyl (C=O) groups excluding carboxylic acids is 1. The quantitative estimate of drug-likeness (QED) is 0.728. The molecule has 4 rings (SSSR count). The summed E-state index contributed by atoms with van der Waals surface area (Å²) in [5.41, 5.74) is 4.40. The molecule has 1 amide bonds. The molecule has 1 saturated heterocycles. The molecule has 6 heteroatoms. The summed E-state index contributed by atoms with van der Waals surface area (Å²) in [4.78, 5) is 21.3. The first kappa shape index (κ1) is 18.9. The maximum Gasteiger partial charge on any atom is 0.274 e. The van der Waals surface area contributed by atoms with E-state index in [9.17, 15) is 9.18 Å². The highest BCUT2D eigenvalue weighted by Gasteiger charge is 2.18. The lowest BCUT2D eigenvalue weighted by Gasteiger charge is -2.37. The molecule has 0 spiro atoms. The largest absolute Gasteiger partial charge is 0.368 e. The Balaban J connectivity index is 1.36. The van der Waals surface area contributed by atoms with Crippen LogP contribution in [-0.4, -0.2) is 37.1 Å². The molecule has 1 aliphatic rings. The third kappa shape index (κ3) is 4.54. The number of anilines is 3. The SMILES string of the molecule is Cc1cccc(N2CCN(c3ccc(C(=O)Nc4ccc(F)cc4)nc3)CC2)c1. The van der Waals surface area contributed by atoms with E-state index in [0.717, 1.165) is 31.9 Å². The number of piperazine rings is 1. The molecule has 0 atom stereocenters. The molecule has 0 unspecified atom stereocenters. The number of nitrogens with zero attached hydrogens (tertiary/aromatic N) is 3. The molecule has 0 aliphatic carbocycles. The third-order valence-corrected chi connectivity index (χ3v) is 5.09. The summed E-state index contributed by atoms with van der Waals surface area (Å²) in [6, 6.07) is 17.9. The minimum Gasteiger partial charge on any atom is -0.368 e. The fourth-order valence-corrected chi connectivity index (χ4v) is 3.48. The van der Waals surface area contributed by atoms with E-state index in [4.69, 9.17) is 0 Å². The van der Waals surface area contributed by atoms with Crippen molar-refractivity contribution >= 4 is 23.0 Å². The first-order valence-corrected chi connectivity index (χ1v) is 9.68. The van der Waals surface area contributed by atoms with E-state index in [2.05, 4.69) is 51.3 Å². The van der Waals surface area contributed by atoms with Gasteiger partial charge in [0.2, 0.25) is 0 Å². The lowest BCUT2D eigenvalue weighted by molar-refractivity contribution is 0.102. The van der Waals surface area contributed by atoms with E-state index in [1.807, 2.05) is 6.07 Å². The number of nitrogens with one attached hydrogen (secondary N) is 1. The van der Waals surface area contributed by atoms with Gasteiger partial charge in [0, 0.05) is 37.6 Å². The number of pyridine rings is 1. The number of benzene rings is 2. The number of halogens is 1. The number of hydrogen-bond acceptors (Lipinski definition) is 4. The summed E-state index contributed by atoms with van der Waals surface area (Å²) < 4.78 is 13.0. The van der Waals surface area contributed by atoms with E-state index >= 15 is 0 Å². The van der Waals surface area contributed by atoms with Gasteiger partial charge in [0.1, 0.15) is 11.5 Å². The number of amides is 1. The van der Waals surface area contributed by atoms with Gasteiger partial charge in [0.25, 0.3) is 5.91 Å². The lowest BCUT2D eigenvalue weighted by atomic mass is 10.2. The van der Waals surface area contributed by atoms with Crippen LogP contribution >= 0.6 is 0 Å². The molecule has 148 valence electrons. The fourth-order valence-electron chi connectivity index (χ4n) is 3.48. The molecule has 29 heavy (non-hydrogen) atoms. The first-order chi connectivity index (χ1) is 14.1. The van der Waals surface area contributed by atoms with Crippen molar-refractivity contribution in [3.8, 4) is 0 Å². The topological polar surface area (TPSA) is 48.5 Å². The zero-order chi connectivity index (χ0) is 20.2. The second-order valence-electron chi connectivity index (χ2n) is 7.18. The standard InChI is InChI=1S/C23H23FN4O/c1-17-3-2-4-20(15-17)27-11-13-28(14-12-27)21-9-10-22(25-16-21)23(29)26-19-7-5-18(24)6-8-19/h2-10,15-16H,11-14H2,1H3,(H,26,29). The van der Waals surface area contributed by atoms with E-state index < -0.39 is 0 Å². The molecule has 0 saturated carbocycles.